The minimum absolute atomic E-state index is 0.183. The molecule has 1 fully saturated rings. The van der Waals surface area contributed by atoms with Gasteiger partial charge in [-0.3, -0.25) is 4.79 Å². The van der Waals surface area contributed by atoms with Crippen LogP contribution >= 0.6 is 23.2 Å². The van der Waals surface area contributed by atoms with E-state index in [4.69, 9.17) is 23.2 Å². The Morgan fingerprint density at radius 3 is 2.46 bits per heavy atom. The van der Waals surface area contributed by atoms with E-state index in [2.05, 4.69) is 11.0 Å². The van der Waals surface area contributed by atoms with Crippen molar-refractivity contribution < 1.29 is 4.79 Å². The van der Waals surface area contributed by atoms with E-state index in [0.29, 0.717) is 29.6 Å². The summed E-state index contributed by atoms with van der Waals surface area (Å²) in [5.41, 5.74) is 3.23. The van der Waals surface area contributed by atoms with Crippen LogP contribution in [0.15, 0.2) is 42.5 Å². The number of hydrogen-bond acceptors (Lipinski definition) is 2. The van der Waals surface area contributed by atoms with Crippen LogP contribution in [-0.2, 0) is 11.2 Å². The van der Waals surface area contributed by atoms with E-state index in [1.165, 1.54) is 5.56 Å². The number of carbonyl (C=O) groups excluding carboxylic acids is 1. The quantitative estimate of drug-likeness (QED) is 0.816. The Kier molecular flexibility index (Phi) is 5.32. The summed E-state index contributed by atoms with van der Waals surface area (Å²) in [6.07, 6.45) is 0.462. The van der Waals surface area contributed by atoms with Gasteiger partial charge in [-0.15, -0.1) is 0 Å². The lowest BCUT2D eigenvalue weighted by Gasteiger charge is -2.36. The molecule has 2 aromatic carbocycles. The maximum atomic E-state index is 12.5. The summed E-state index contributed by atoms with van der Waals surface area (Å²) in [4.78, 5) is 16.6. The van der Waals surface area contributed by atoms with E-state index in [1.807, 2.05) is 42.2 Å². The highest BCUT2D eigenvalue weighted by Crippen LogP contribution is 2.29. The van der Waals surface area contributed by atoms with Crippen LogP contribution in [0.25, 0.3) is 0 Å². The molecule has 1 amide bonds. The third kappa shape index (κ3) is 4.03. The zero-order chi connectivity index (χ0) is 17.1. The van der Waals surface area contributed by atoms with E-state index >= 15 is 0 Å². The first-order valence-corrected chi connectivity index (χ1v) is 8.82. The molecule has 0 saturated carbocycles. The normalized spacial score (nSPS) is 14.8. The van der Waals surface area contributed by atoms with E-state index in [1.54, 1.807) is 6.07 Å². The van der Waals surface area contributed by atoms with Crippen molar-refractivity contribution in [3.63, 3.8) is 0 Å². The number of hydrogen-bond donors (Lipinski definition) is 0. The summed E-state index contributed by atoms with van der Waals surface area (Å²) in [5, 5.41) is 1.29. The molecule has 3 nitrogen and oxygen atoms in total. The fraction of sp³-hybridized carbons (Fsp3) is 0.316. The van der Waals surface area contributed by atoms with Crippen LogP contribution in [0.4, 0.5) is 5.69 Å². The lowest BCUT2D eigenvalue weighted by Crippen LogP contribution is -2.49. The van der Waals surface area contributed by atoms with Crippen molar-refractivity contribution in [1.29, 1.82) is 0 Å². The van der Waals surface area contributed by atoms with Crippen LogP contribution in [0.2, 0.25) is 10.0 Å². The van der Waals surface area contributed by atoms with Crippen molar-refractivity contribution >= 4 is 34.8 Å². The van der Waals surface area contributed by atoms with E-state index in [9.17, 15) is 4.79 Å². The molecule has 1 aliphatic rings. The Morgan fingerprint density at radius 1 is 1.04 bits per heavy atom. The van der Waals surface area contributed by atoms with Crippen molar-refractivity contribution in [2.24, 2.45) is 0 Å². The molecule has 0 atom stereocenters. The first kappa shape index (κ1) is 17.1. The molecular weight excluding hydrogens is 343 g/mol. The monoisotopic (exact) mass is 362 g/mol. The summed E-state index contributed by atoms with van der Waals surface area (Å²) >= 11 is 12.2. The minimum Gasteiger partial charge on any atom is -0.367 e. The fourth-order valence-electron chi connectivity index (χ4n) is 3.04. The van der Waals surface area contributed by atoms with Gasteiger partial charge < -0.3 is 9.80 Å². The maximum Gasteiger partial charge on any atom is 0.227 e. The second-order valence-corrected chi connectivity index (χ2v) is 6.97. The lowest BCUT2D eigenvalue weighted by molar-refractivity contribution is -0.130. The molecule has 5 heteroatoms. The third-order valence-corrected chi connectivity index (χ3v) is 4.86. The first-order chi connectivity index (χ1) is 11.5. The van der Waals surface area contributed by atoms with Crippen molar-refractivity contribution in [2.75, 3.05) is 31.1 Å². The highest BCUT2D eigenvalue weighted by atomic mass is 35.5. The van der Waals surface area contributed by atoms with E-state index in [-0.39, 0.29) is 5.91 Å². The molecule has 2 aromatic rings. The predicted molar refractivity (Wildman–Crippen MR) is 100 cm³/mol. The number of benzene rings is 2. The molecule has 126 valence electrons. The Labute approximate surface area is 152 Å². The Balaban J connectivity index is 1.59. The van der Waals surface area contributed by atoms with E-state index < -0.39 is 0 Å². The lowest BCUT2D eigenvalue weighted by atomic mass is 10.1. The van der Waals surface area contributed by atoms with Gasteiger partial charge in [0.25, 0.3) is 0 Å². The minimum atomic E-state index is 0.183. The number of anilines is 1. The highest BCUT2D eigenvalue weighted by Gasteiger charge is 2.22. The molecule has 1 saturated heterocycles. The zero-order valence-electron chi connectivity index (χ0n) is 13.6. The Morgan fingerprint density at radius 2 is 1.79 bits per heavy atom. The molecular formula is C19H20Cl2N2O. The maximum absolute atomic E-state index is 12.5. The van der Waals surface area contributed by atoms with Crippen LogP contribution in [0.5, 0.6) is 0 Å². The van der Waals surface area contributed by atoms with E-state index in [0.717, 1.165) is 24.3 Å². The van der Waals surface area contributed by atoms with Gasteiger partial charge in [-0.1, -0.05) is 53.0 Å². The number of nitrogens with zero attached hydrogens (tertiary/aromatic N) is 2. The molecule has 0 bridgehead atoms. The summed E-state index contributed by atoms with van der Waals surface area (Å²) < 4.78 is 0. The van der Waals surface area contributed by atoms with Gasteiger partial charge in [-0.2, -0.15) is 0 Å². The number of piperazine rings is 1. The molecule has 1 aliphatic heterocycles. The largest absolute Gasteiger partial charge is 0.367 e. The number of aryl methyl sites for hydroxylation is 1. The van der Waals surface area contributed by atoms with Crippen LogP contribution in [0, 0.1) is 6.92 Å². The second kappa shape index (κ2) is 7.45. The van der Waals surface area contributed by atoms with Crippen molar-refractivity contribution in [3.05, 3.63) is 63.6 Å². The number of amides is 1. The molecule has 0 unspecified atom stereocenters. The summed E-state index contributed by atoms with van der Waals surface area (Å²) in [7, 11) is 0. The van der Waals surface area contributed by atoms with Gasteiger partial charge in [0, 0.05) is 31.2 Å². The second-order valence-electron chi connectivity index (χ2n) is 6.13. The van der Waals surface area contributed by atoms with Gasteiger partial charge in [-0.25, -0.2) is 0 Å². The number of carbonyl (C=O) groups is 1. The van der Waals surface area contributed by atoms with Gasteiger partial charge in [0.2, 0.25) is 5.91 Å². The van der Waals surface area contributed by atoms with Gasteiger partial charge in [0.05, 0.1) is 17.1 Å². The molecule has 0 N–H and O–H groups in total. The van der Waals surface area contributed by atoms with Gasteiger partial charge in [0.1, 0.15) is 0 Å². The summed E-state index contributed by atoms with van der Waals surface area (Å²) in [6, 6.07) is 13.7. The topological polar surface area (TPSA) is 23.6 Å². The fourth-order valence-corrected chi connectivity index (χ4v) is 3.57. The van der Waals surface area contributed by atoms with Gasteiger partial charge in [-0.05, 0) is 30.7 Å². The van der Waals surface area contributed by atoms with Gasteiger partial charge >= 0.3 is 0 Å². The predicted octanol–water partition coefficient (Wildman–Crippen LogP) is 4.19. The smallest absolute Gasteiger partial charge is 0.227 e. The zero-order valence-corrected chi connectivity index (χ0v) is 15.1. The standard InChI is InChI=1S/C19H20Cl2N2O/c1-14-3-2-4-15(11-14)12-19(24)23-9-7-22(8-10-23)18-6-5-16(20)13-17(18)21/h2-6,11,13H,7-10,12H2,1H3. The average Bonchev–Trinajstić information content (AvgIpc) is 2.55. The Bertz CT molecular complexity index is 740. The third-order valence-electron chi connectivity index (χ3n) is 4.32. The molecule has 0 spiro atoms. The van der Waals surface area contributed by atoms with Crippen LogP contribution in [-0.4, -0.2) is 37.0 Å². The molecule has 0 radical (unpaired) electrons. The highest BCUT2D eigenvalue weighted by molar-refractivity contribution is 6.36. The summed E-state index contributed by atoms with van der Waals surface area (Å²) in [6.45, 7) is 5.03. The van der Waals surface area contributed by atoms with Crippen LogP contribution < -0.4 is 4.90 Å². The van der Waals surface area contributed by atoms with Crippen molar-refractivity contribution in [3.8, 4) is 0 Å². The molecule has 0 aliphatic carbocycles. The molecule has 0 aromatic heterocycles. The number of halogens is 2. The first-order valence-electron chi connectivity index (χ1n) is 8.06. The van der Waals surface area contributed by atoms with Crippen molar-refractivity contribution in [1.82, 2.24) is 4.90 Å². The van der Waals surface area contributed by atoms with Crippen LogP contribution in [0.3, 0.4) is 0 Å². The average molecular weight is 363 g/mol. The number of rotatable bonds is 3. The van der Waals surface area contributed by atoms with Crippen LogP contribution in [0.1, 0.15) is 11.1 Å². The van der Waals surface area contributed by atoms with Gasteiger partial charge in [0.15, 0.2) is 0 Å². The van der Waals surface area contributed by atoms with Crippen molar-refractivity contribution in [2.45, 2.75) is 13.3 Å². The molecule has 3 rings (SSSR count). The molecule has 1 heterocycles. The SMILES string of the molecule is Cc1cccc(CC(=O)N2CCN(c3ccc(Cl)cc3Cl)CC2)c1. The molecule has 24 heavy (non-hydrogen) atoms. The Hall–Kier alpha value is -1.71. The summed E-state index contributed by atoms with van der Waals surface area (Å²) in [5.74, 6) is 0.183.